The third-order valence-electron chi connectivity index (χ3n) is 2.53. The van der Waals surface area contributed by atoms with E-state index >= 15 is 0 Å². The number of aryl methyl sites for hydroxylation is 1. The van der Waals surface area contributed by atoms with E-state index in [0.717, 1.165) is 12.3 Å². The molecule has 0 aliphatic carbocycles. The van der Waals surface area contributed by atoms with Crippen molar-refractivity contribution in [1.29, 1.82) is 0 Å². The maximum absolute atomic E-state index is 12.4. The summed E-state index contributed by atoms with van der Waals surface area (Å²) in [5.41, 5.74) is -0.226. The van der Waals surface area contributed by atoms with Crippen LogP contribution < -0.4 is 5.32 Å². The van der Waals surface area contributed by atoms with Crippen LogP contribution in [0.3, 0.4) is 0 Å². The third-order valence-corrected chi connectivity index (χ3v) is 2.53. The Hall–Kier alpha value is -2.64. The Labute approximate surface area is 117 Å². The highest BCUT2D eigenvalue weighted by Gasteiger charge is 2.32. The summed E-state index contributed by atoms with van der Waals surface area (Å²) in [5, 5.41) is 11.6. The molecule has 2 N–H and O–H groups in total. The molecule has 0 saturated carbocycles. The van der Waals surface area contributed by atoms with Gasteiger partial charge >= 0.3 is 12.1 Å². The Morgan fingerprint density at radius 3 is 2.52 bits per heavy atom. The highest BCUT2D eigenvalue weighted by molar-refractivity contribution is 5.88. The number of carboxylic acid groups (broad SMARTS) is 1. The van der Waals surface area contributed by atoms with Crippen molar-refractivity contribution in [1.82, 2.24) is 9.97 Å². The molecule has 0 aromatic carbocycles. The zero-order valence-electron chi connectivity index (χ0n) is 10.8. The molecule has 2 heterocycles. The molecule has 0 bridgehead atoms. The van der Waals surface area contributed by atoms with E-state index in [1.807, 2.05) is 0 Å². The molecule has 2 aromatic rings. The fraction of sp³-hybridized carbons (Fsp3) is 0.154. The quantitative estimate of drug-likeness (QED) is 0.909. The maximum Gasteiger partial charge on any atom is 0.433 e. The highest BCUT2D eigenvalue weighted by atomic mass is 19.4. The van der Waals surface area contributed by atoms with Crippen LogP contribution in [0.2, 0.25) is 0 Å². The molecule has 5 nitrogen and oxygen atoms in total. The predicted octanol–water partition coefficient (Wildman–Crippen LogP) is 3.25. The van der Waals surface area contributed by atoms with Gasteiger partial charge < -0.3 is 10.4 Å². The van der Waals surface area contributed by atoms with Crippen LogP contribution in [0.4, 0.5) is 24.7 Å². The average molecular weight is 297 g/mol. The van der Waals surface area contributed by atoms with E-state index < -0.39 is 17.8 Å². The minimum Gasteiger partial charge on any atom is -0.478 e. The van der Waals surface area contributed by atoms with Crippen LogP contribution in [0, 0.1) is 6.92 Å². The first-order valence-corrected chi connectivity index (χ1v) is 5.78. The van der Waals surface area contributed by atoms with Crippen molar-refractivity contribution in [2.24, 2.45) is 0 Å². The number of alkyl halides is 3. The highest BCUT2D eigenvalue weighted by Crippen LogP contribution is 2.28. The molecule has 2 aromatic heterocycles. The summed E-state index contributed by atoms with van der Waals surface area (Å²) in [6.07, 6.45) is -3.50. The minimum atomic E-state index is -4.50. The third kappa shape index (κ3) is 3.68. The Balaban J connectivity index is 2.24. The van der Waals surface area contributed by atoms with Gasteiger partial charge in [0, 0.05) is 5.69 Å². The molecule has 21 heavy (non-hydrogen) atoms. The van der Waals surface area contributed by atoms with Crippen LogP contribution >= 0.6 is 0 Å². The zero-order chi connectivity index (χ0) is 15.6. The number of aromatic nitrogens is 2. The lowest BCUT2D eigenvalue weighted by atomic mass is 10.2. The van der Waals surface area contributed by atoms with Crippen LogP contribution in [0.25, 0.3) is 0 Å². The van der Waals surface area contributed by atoms with Crippen LogP contribution in [0.1, 0.15) is 21.7 Å². The summed E-state index contributed by atoms with van der Waals surface area (Å²) in [4.78, 5) is 18.3. The van der Waals surface area contributed by atoms with Gasteiger partial charge in [-0.15, -0.1) is 0 Å². The SMILES string of the molecule is Cc1cc(C(=O)O)cc(Nc2ccc(C(F)(F)F)nc2)n1. The number of carboxylic acids is 1. The molecule has 8 heteroatoms. The molecule has 0 fully saturated rings. The van der Waals surface area contributed by atoms with E-state index in [0.29, 0.717) is 5.69 Å². The summed E-state index contributed by atoms with van der Waals surface area (Å²) < 4.78 is 37.1. The van der Waals surface area contributed by atoms with Gasteiger partial charge in [-0.1, -0.05) is 0 Å². The lowest BCUT2D eigenvalue weighted by Crippen LogP contribution is -2.08. The number of aromatic carboxylic acids is 1. The summed E-state index contributed by atoms with van der Waals surface area (Å²) >= 11 is 0. The first-order chi connectivity index (χ1) is 9.75. The lowest BCUT2D eigenvalue weighted by molar-refractivity contribution is -0.141. The molecule has 0 radical (unpaired) electrons. The van der Waals surface area contributed by atoms with Gasteiger partial charge in [0.2, 0.25) is 0 Å². The van der Waals surface area contributed by atoms with E-state index in [-0.39, 0.29) is 17.1 Å². The number of halogens is 3. The van der Waals surface area contributed by atoms with Gasteiger partial charge in [0.25, 0.3) is 0 Å². The van der Waals surface area contributed by atoms with E-state index in [1.165, 1.54) is 18.2 Å². The number of nitrogens with zero attached hydrogens (tertiary/aromatic N) is 2. The fourth-order valence-corrected chi connectivity index (χ4v) is 1.64. The van der Waals surface area contributed by atoms with Crippen molar-refractivity contribution in [3.05, 3.63) is 47.4 Å². The molecule has 0 aliphatic heterocycles. The number of pyridine rings is 2. The van der Waals surface area contributed by atoms with Crippen molar-refractivity contribution in [3.8, 4) is 0 Å². The fourth-order valence-electron chi connectivity index (χ4n) is 1.64. The number of hydrogen-bond acceptors (Lipinski definition) is 4. The van der Waals surface area contributed by atoms with Gasteiger partial charge in [0.15, 0.2) is 0 Å². The van der Waals surface area contributed by atoms with Crippen molar-refractivity contribution in [2.45, 2.75) is 13.1 Å². The van der Waals surface area contributed by atoms with Crippen LogP contribution in [-0.4, -0.2) is 21.0 Å². The Morgan fingerprint density at radius 1 is 1.29 bits per heavy atom. The number of carbonyl (C=O) groups is 1. The number of nitrogens with one attached hydrogen (secondary N) is 1. The molecule has 0 aliphatic rings. The van der Waals surface area contributed by atoms with Crippen molar-refractivity contribution in [3.63, 3.8) is 0 Å². The van der Waals surface area contributed by atoms with Crippen molar-refractivity contribution in [2.75, 3.05) is 5.32 Å². The second kappa shape index (κ2) is 5.39. The van der Waals surface area contributed by atoms with Gasteiger partial charge in [-0.05, 0) is 31.2 Å². The summed E-state index contributed by atoms with van der Waals surface area (Å²) in [5.74, 6) is -0.900. The van der Waals surface area contributed by atoms with E-state index in [1.54, 1.807) is 6.92 Å². The number of anilines is 2. The molecule has 0 unspecified atom stereocenters. The van der Waals surface area contributed by atoms with Crippen LogP contribution in [0.5, 0.6) is 0 Å². The van der Waals surface area contributed by atoms with Gasteiger partial charge in [0.05, 0.1) is 17.4 Å². The monoisotopic (exact) mass is 297 g/mol. The van der Waals surface area contributed by atoms with Gasteiger partial charge in [-0.3, -0.25) is 0 Å². The minimum absolute atomic E-state index is 0.0323. The Morgan fingerprint density at radius 2 is 2.00 bits per heavy atom. The standard InChI is InChI=1S/C13H10F3N3O2/c1-7-4-8(12(20)21)5-11(18-7)19-9-2-3-10(17-6-9)13(14,15)16/h2-6H,1H3,(H,18,19)(H,20,21). The zero-order valence-corrected chi connectivity index (χ0v) is 10.8. The molecule has 0 saturated heterocycles. The lowest BCUT2D eigenvalue weighted by Gasteiger charge is -2.09. The summed E-state index contributed by atoms with van der Waals surface area (Å²) in [7, 11) is 0. The maximum atomic E-state index is 12.4. The molecular weight excluding hydrogens is 287 g/mol. The van der Waals surface area contributed by atoms with Crippen molar-refractivity contribution >= 4 is 17.5 Å². The smallest absolute Gasteiger partial charge is 0.433 e. The second-order valence-electron chi connectivity index (χ2n) is 4.24. The first-order valence-electron chi connectivity index (χ1n) is 5.78. The van der Waals surface area contributed by atoms with Gasteiger partial charge in [-0.2, -0.15) is 13.2 Å². The first kappa shape index (κ1) is 14.8. The van der Waals surface area contributed by atoms with Gasteiger partial charge in [-0.25, -0.2) is 14.8 Å². The van der Waals surface area contributed by atoms with Gasteiger partial charge in [0.1, 0.15) is 11.5 Å². The van der Waals surface area contributed by atoms with Crippen LogP contribution in [0.15, 0.2) is 30.5 Å². The average Bonchev–Trinajstić information content (AvgIpc) is 2.37. The largest absolute Gasteiger partial charge is 0.478 e. The molecular formula is C13H10F3N3O2. The second-order valence-corrected chi connectivity index (χ2v) is 4.24. The predicted molar refractivity (Wildman–Crippen MR) is 68.5 cm³/mol. The molecule has 110 valence electrons. The van der Waals surface area contributed by atoms with E-state index in [2.05, 4.69) is 15.3 Å². The van der Waals surface area contributed by atoms with E-state index in [4.69, 9.17) is 5.11 Å². The summed E-state index contributed by atoms with van der Waals surface area (Å²) in [6, 6.07) is 4.70. The topological polar surface area (TPSA) is 75.1 Å². The Kier molecular flexibility index (Phi) is 3.79. The molecule has 0 spiro atoms. The number of rotatable bonds is 3. The Bertz CT molecular complexity index is 669. The molecule has 0 atom stereocenters. The van der Waals surface area contributed by atoms with Crippen LogP contribution in [-0.2, 0) is 6.18 Å². The number of hydrogen-bond donors (Lipinski definition) is 2. The summed E-state index contributed by atoms with van der Waals surface area (Å²) in [6.45, 7) is 1.61. The van der Waals surface area contributed by atoms with Crippen molar-refractivity contribution < 1.29 is 23.1 Å². The molecule has 0 amide bonds. The normalized spacial score (nSPS) is 11.2. The van der Waals surface area contributed by atoms with E-state index in [9.17, 15) is 18.0 Å². The molecule has 2 rings (SSSR count).